The average molecular weight is 500 g/mol. The van der Waals surface area contributed by atoms with Gasteiger partial charge < -0.3 is 20.1 Å². The van der Waals surface area contributed by atoms with Gasteiger partial charge in [-0.15, -0.1) is 24.0 Å². The number of nitrogens with zero attached hydrogens (tertiary/aromatic N) is 4. The number of halogens is 1. The molecule has 0 aliphatic rings. The number of guanidine groups is 1. The van der Waals surface area contributed by atoms with E-state index in [1.54, 1.807) is 0 Å². The molecular formula is C20H33IN6O. The third-order valence-electron chi connectivity index (χ3n) is 4.44. The lowest BCUT2D eigenvalue weighted by atomic mass is 9.99. The largest absolute Gasteiger partial charge is 0.363 e. The minimum Gasteiger partial charge on any atom is -0.363 e. The zero-order valence-electron chi connectivity index (χ0n) is 17.5. The lowest BCUT2D eigenvalue weighted by Gasteiger charge is -2.12. The Bertz CT molecular complexity index is 727. The molecule has 2 aromatic heterocycles. The number of anilines is 1. The zero-order chi connectivity index (χ0) is 19.6. The molecule has 0 aliphatic heterocycles. The van der Waals surface area contributed by atoms with E-state index in [1.807, 2.05) is 50.3 Å². The fourth-order valence-corrected chi connectivity index (χ4v) is 2.80. The van der Waals surface area contributed by atoms with E-state index in [0.717, 1.165) is 48.2 Å². The van der Waals surface area contributed by atoms with Crippen molar-refractivity contribution in [1.29, 1.82) is 0 Å². The van der Waals surface area contributed by atoms with E-state index >= 15 is 0 Å². The number of hydrogen-bond donors (Lipinski definition) is 2. The van der Waals surface area contributed by atoms with Crippen LogP contribution in [0.1, 0.15) is 56.5 Å². The van der Waals surface area contributed by atoms with Crippen LogP contribution in [0.4, 0.5) is 5.82 Å². The van der Waals surface area contributed by atoms with Crippen LogP contribution in [-0.2, 0) is 13.1 Å². The maximum Gasteiger partial charge on any atom is 0.191 e. The summed E-state index contributed by atoms with van der Waals surface area (Å²) >= 11 is 0. The second-order valence-corrected chi connectivity index (χ2v) is 6.70. The summed E-state index contributed by atoms with van der Waals surface area (Å²) in [5.41, 5.74) is 2.15. The summed E-state index contributed by atoms with van der Waals surface area (Å²) in [5, 5.41) is 10.8. The molecule has 7 nitrogen and oxygen atoms in total. The Kier molecular flexibility index (Phi) is 10.9. The van der Waals surface area contributed by atoms with Gasteiger partial charge in [-0.3, -0.25) is 0 Å². The van der Waals surface area contributed by atoms with Gasteiger partial charge in [0.15, 0.2) is 11.7 Å². The molecule has 0 aromatic carbocycles. The van der Waals surface area contributed by atoms with Crippen LogP contribution in [0.5, 0.6) is 0 Å². The molecule has 2 heterocycles. The Morgan fingerprint density at radius 2 is 1.93 bits per heavy atom. The molecule has 0 radical (unpaired) electrons. The van der Waals surface area contributed by atoms with Crippen molar-refractivity contribution in [2.75, 3.05) is 25.5 Å². The predicted molar refractivity (Wildman–Crippen MR) is 125 cm³/mol. The Morgan fingerprint density at radius 3 is 2.57 bits per heavy atom. The van der Waals surface area contributed by atoms with Crippen molar-refractivity contribution >= 4 is 35.8 Å². The molecule has 28 heavy (non-hydrogen) atoms. The fourth-order valence-electron chi connectivity index (χ4n) is 2.80. The molecule has 8 heteroatoms. The number of pyridine rings is 1. The first-order valence-electron chi connectivity index (χ1n) is 9.67. The highest BCUT2D eigenvalue weighted by Gasteiger charge is 2.13. The minimum atomic E-state index is 0. The lowest BCUT2D eigenvalue weighted by Crippen LogP contribution is -2.36. The third-order valence-corrected chi connectivity index (χ3v) is 4.44. The lowest BCUT2D eigenvalue weighted by molar-refractivity contribution is 0.368. The molecule has 0 saturated heterocycles. The van der Waals surface area contributed by atoms with Crippen LogP contribution < -0.4 is 15.5 Å². The van der Waals surface area contributed by atoms with E-state index < -0.39 is 0 Å². The van der Waals surface area contributed by atoms with Crippen molar-refractivity contribution in [2.24, 2.45) is 4.99 Å². The van der Waals surface area contributed by atoms with Crippen LogP contribution in [-0.4, -0.2) is 36.7 Å². The summed E-state index contributed by atoms with van der Waals surface area (Å²) in [7, 11) is 3.96. The van der Waals surface area contributed by atoms with Crippen LogP contribution in [0, 0.1) is 0 Å². The van der Waals surface area contributed by atoms with Crippen molar-refractivity contribution in [3.8, 4) is 0 Å². The smallest absolute Gasteiger partial charge is 0.191 e. The summed E-state index contributed by atoms with van der Waals surface area (Å²) in [6, 6.07) is 6.07. The van der Waals surface area contributed by atoms with Gasteiger partial charge in [-0.25, -0.2) is 9.98 Å². The van der Waals surface area contributed by atoms with Crippen molar-refractivity contribution in [3.63, 3.8) is 0 Å². The summed E-state index contributed by atoms with van der Waals surface area (Å²) < 4.78 is 5.47. The molecule has 0 spiro atoms. The molecule has 0 saturated carbocycles. The maximum atomic E-state index is 5.47. The van der Waals surface area contributed by atoms with Gasteiger partial charge in [0.05, 0.1) is 18.8 Å². The number of aliphatic imine (C=N–C) groups is 1. The molecule has 0 bridgehead atoms. The molecule has 156 valence electrons. The molecule has 0 aliphatic carbocycles. The highest BCUT2D eigenvalue weighted by molar-refractivity contribution is 14.0. The summed E-state index contributed by atoms with van der Waals surface area (Å²) in [4.78, 5) is 11.0. The van der Waals surface area contributed by atoms with Crippen LogP contribution >= 0.6 is 24.0 Å². The molecule has 2 rings (SSSR count). The summed E-state index contributed by atoms with van der Waals surface area (Å²) in [5.74, 6) is 2.96. The van der Waals surface area contributed by atoms with E-state index in [2.05, 4.69) is 39.6 Å². The molecular weight excluding hydrogens is 467 g/mol. The van der Waals surface area contributed by atoms with Crippen molar-refractivity contribution < 1.29 is 4.52 Å². The normalized spacial score (nSPS) is 11.3. The monoisotopic (exact) mass is 500 g/mol. The Balaban J connectivity index is 0.00000392. The number of hydrogen-bond acceptors (Lipinski definition) is 5. The van der Waals surface area contributed by atoms with Gasteiger partial charge in [-0.2, -0.15) is 0 Å². The SMILES string of the molecule is CCNC(=NCc1ccnc(N(C)C)c1)NCc1cc(C(CC)CC)no1.I. The molecule has 2 N–H and O–H groups in total. The van der Waals surface area contributed by atoms with Gasteiger partial charge in [-0.05, 0) is 37.5 Å². The van der Waals surface area contributed by atoms with Gasteiger partial charge in [0, 0.05) is 38.8 Å². The number of nitrogens with one attached hydrogen (secondary N) is 2. The Labute approximate surface area is 185 Å². The Morgan fingerprint density at radius 1 is 1.18 bits per heavy atom. The predicted octanol–water partition coefficient (Wildman–Crippen LogP) is 3.91. The topological polar surface area (TPSA) is 78.6 Å². The van der Waals surface area contributed by atoms with Crippen LogP contribution in [0.15, 0.2) is 33.9 Å². The molecule has 0 amide bonds. The molecule has 0 atom stereocenters. The standard InChI is InChI=1S/C20H32N6O.HI/c1-6-16(7-2)18-12-17(27-25-18)14-24-20(21-8-3)23-13-15-9-10-22-19(11-15)26(4)5;/h9-12,16H,6-8,13-14H2,1-5H3,(H2,21,23,24);1H. The van der Waals surface area contributed by atoms with E-state index in [9.17, 15) is 0 Å². The number of rotatable bonds is 9. The van der Waals surface area contributed by atoms with Crippen LogP contribution in [0.25, 0.3) is 0 Å². The second kappa shape index (κ2) is 12.6. The van der Waals surface area contributed by atoms with E-state index in [4.69, 9.17) is 4.52 Å². The van der Waals surface area contributed by atoms with Gasteiger partial charge >= 0.3 is 0 Å². The van der Waals surface area contributed by atoms with Gasteiger partial charge in [0.2, 0.25) is 0 Å². The zero-order valence-corrected chi connectivity index (χ0v) is 19.9. The van der Waals surface area contributed by atoms with Crippen molar-refractivity contribution in [3.05, 3.63) is 41.4 Å². The van der Waals surface area contributed by atoms with Gasteiger partial charge in [-0.1, -0.05) is 19.0 Å². The van der Waals surface area contributed by atoms with E-state index in [0.29, 0.717) is 19.0 Å². The average Bonchev–Trinajstić information content (AvgIpc) is 3.14. The Hall–Kier alpha value is -1.84. The fraction of sp³-hybridized carbons (Fsp3) is 0.550. The first-order chi connectivity index (χ1) is 13.1. The maximum absolute atomic E-state index is 5.47. The summed E-state index contributed by atoms with van der Waals surface area (Å²) in [6.45, 7) is 8.33. The van der Waals surface area contributed by atoms with E-state index in [-0.39, 0.29) is 24.0 Å². The molecule has 0 fully saturated rings. The van der Waals surface area contributed by atoms with Gasteiger partial charge in [0.25, 0.3) is 0 Å². The van der Waals surface area contributed by atoms with Crippen LogP contribution in [0.2, 0.25) is 0 Å². The molecule has 2 aromatic rings. The first-order valence-corrected chi connectivity index (χ1v) is 9.67. The number of aromatic nitrogens is 2. The highest BCUT2D eigenvalue weighted by Crippen LogP contribution is 2.22. The third kappa shape index (κ3) is 7.29. The van der Waals surface area contributed by atoms with Crippen LogP contribution in [0.3, 0.4) is 0 Å². The van der Waals surface area contributed by atoms with Gasteiger partial charge in [0.1, 0.15) is 5.82 Å². The highest BCUT2D eigenvalue weighted by atomic mass is 127. The van der Waals surface area contributed by atoms with Crippen molar-refractivity contribution in [1.82, 2.24) is 20.8 Å². The quantitative estimate of drug-likeness (QED) is 0.309. The van der Waals surface area contributed by atoms with Crippen molar-refractivity contribution in [2.45, 2.75) is 52.6 Å². The second-order valence-electron chi connectivity index (χ2n) is 6.70. The molecule has 0 unspecified atom stereocenters. The summed E-state index contributed by atoms with van der Waals surface area (Å²) in [6.07, 6.45) is 3.95. The van der Waals surface area contributed by atoms with E-state index in [1.165, 1.54) is 0 Å². The minimum absolute atomic E-state index is 0. The first kappa shape index (κ1) is 24.2.